The van der Waals surface area contributed by atoms with Gasteiger partial charge < -0.3 is 19.7 Å². The Labute approximate surface area is 151 Å². The molecule has 0 atom stereocenters. The average Bonchev–Trinajstić information content (AvgIpc) is 2.66. The molecule has 0 saturated heterocycles. The van der Waals surface area contributed by atoms with Gasteiger partial charge in [0.1, 0.15) is 19.6 Å². The smallest absolute Gasteiger partial charge is 0.233 e. The third-order valence-electron chi connectivity index (χ3n) is 4.05. The van der Waals surface area contributed by atoms with E-state index >= 15 is 0 Å². The number of hydrogen-bond donors (Lipinski definition) is 1. The highest BCUT2D eigenvalue weighted by Gasteiger charge is 2.16. The summed E-state index contributed by atoms with van der Waals surface area (Å²) in [7, 11) is 1.70. The Morgan fingerprint density at radius 1 is 1.12 bits per heavy atom. The van der Waals surface area contributed by atoms with Crippen molar-refractivity contribution in [2.24, 2.45) is 0 Å². The van der Waals surface area contributed by atoms with Crippen molar-refractivity contribution >= 4 is 17.5 Å². The van der Waals surface area contributed by atoms with Crippen molar-refractivity contribution in [1.82, 2.24) is 9.88 Å². The van der Waals surface area contributed by atoms with Gasteiger partial charge in [0.25, 0.3) is 0 Å². The van der Waals surface area contributed by atoms with E-state index in [1.54, 1.807) is 42.5 Å². The van der Waals surface area contributed by atoms with Crippen LogP contribution < -0.4 is 14.8 Å². The van der Waals surface area contributed by atoms with Gasteiger partial charge in [0.05, 0.1) is 0 Å². The van der Waals surface area contributed by atoms with E-state index in [0.29, 0.717) is 43.4 Å². The van der Waals surface area contributed by atoms with Gasteiger partial charge in [-0.1, -0.05) is 0 Å². The lowest BCUT2D eigenvalue weighted by Crippen LogP contribution is -2.32. The summed E-state index contributed by atoms with van der Waals surface area (Å²) in [6, 6.07) is 8.99. The molecule has 0 saturated carbocycles. The lowest BCUT2D eigenvalue weighted by atomic mass is 10.2. The maximum absolute atomic E-state index is 12.2. The third-order valence-corrected chi connectivity index (χ3v) is 4.05. The number of anilines is 1. The summed E-state index contributed by atoms with van der Waals surface area (Å²) in [6.07, 6.45) is 3.95. The fourth-order valence-corrected chi connectivity index (χ4v) is 2.57. The predicted molar refractivity (Wildman–Crippen MR) is 96.3 cm³/mol. The van der Waals surface area contributed by atoms with E-state index in [4.69, 9.17) is 9.47 Å². The van der Waals surface area contributed by atoms with E-state index in [9.17, 15) is 9.59 Å². The number of benzene rings is 1. The first kappa shape index (κ1) is 17.7. The standard InChI is InChI=1S/C19H21N3O4/c1-22(9-6-14-4-7-20-8-5-14)19(24)13-18(23)21-15-2-3-16-17(12-15)26-11-10-25-16/h2-5,7-8,12H,6,9-11,13H2,1H3,(H,21,23). The van der Waals surface area contributed by atoms with Crippen LogP contribution in [0.1, 0.15) is 12.0 Å². The lowest BCUT2D eigenvalue weighted by Gasteiger charge is -2.19. The first-order valence-electron chi connectivity index (χ1n) is 8.44. The Balaban J connectivity index is 1.48. The topological polar surface area (TPSA) is 80.8 Å². The second-order valence-electron chi connectivity index (χ2n) is 6.00. The second kappa shape index (κ2) is 8.33. The number of nitrogens with zero attached hydrogens (tertiary/aromatic N) is 2. The number of carbonyl (C=O) groups is 2. The van der Waals surface area contributed by atoms with Crippen molar-refractivity contribution in [3.8, 4) is 11.5 Å². The zero-order valence-electron chi connectivity index (χ0n) is 14.6. The molecule has 1 aromatic carbocycles. The number of amides is 2. The van der Waals surface area contributed by atoms with Crippen molar-refractivity contribution < 1.29 is 19.1 Å². The molecule has 2 aromatic rings. The molecular formula is C19H21N3O4. The largest absolute Gasteiger partial charge is 0.486 e. The van der Waals surface area contributed by atoms with Crippen molar-refractivity contribution in [2.75, 3.05) is 32.1 Å². The van der Waals surface area contributed by atoms with E-state index in [1.807, 2.05) is 12.1 Å². The van der Waals surface area contributed by atoms with Crippen LogP contribution in [-0.4, -0.2) is 48.5 Å². The quantitative estimate of drug-likeness (QED) is 0.800. The molecule has 1 aromatic heterocycles. The Morgan fingerprint density at radius 2 is 1.85 bits per heavy atom. The van der Waals surface area contributed by atoms with Crippen LogP contribution in [0.5, 0.6) is 11.5 Å². The highest BCUT2D eigenvalue weighted by Crippen LogP contribution is 2.32. The van der Waals surface area contributed by atoms with Gasteiger partial charge in [-0.05, 0) is 36.2 Å². The highest BCUT2D eigenvalue weighted by molar-refractivity contribution is 6.03. The molecule has 7 nitrogen and oxygen atoms in total. The number of pyridine rings is 1. The minimum absolute atomic E-state index is 0.207. The molecule has 26 heavy (non-hydrogen) atoms. The molecule has 1 aliphatic rings. The zero-order chi connectivity index (χ0) is 18.4. The van der Waals surface area contributed by atoms with Gasteiger partial charge in [0, 0.05) is 37.7 Å². The van der Waals surface area contributed by atoms with Gasteiger partial charge in [-0.2, -0.15) is 0 Å². The van der Waals surface area contributed by atoms with Crippen molar-refractivity contribution in [3.05, 3.63) is 48.3 Å². The molecule has 0 fully saturated rings. The number of nitrogens with one attached hydrogen (secondary N) is 1. The number of ether oxygens (including phenoxy) is 2. The van der Waals surface area contributed by atoms with E-state index in [-0.39, 0.29) is 18.2 Å². The molecule has 3 rings (SSSR count). The summed E-state index contributed by atoms with van der Waals surface area (Å²) in [5.74, 6) is 0.660. The number of likely N-dealkylation sites (N-methyl/N-ethyl adjacent to an activating group) is 1. The summed E-state index contributed by atoms with van der Waals surface area (Å²) < 4.78 is 10.9. The summed E-state index contributed by atoms with van der Waals surface area (Å²) >= 11 is 0. The van der Waals surface area contributed by atoms with Crippen LogP contribution in [0.15, 0.2) is 42.7 Å². The normalized spacial score (nSPS) is 12.3. The number of aromatic nitrogens is 1. The first-order valence-corrected chi connectivity index (χ1v) is 8.44. The van der Waals surface area contributed by atoms with Crippen LogP contribution in [0.25, 0.3) is 0 Å². The van der Waals surface area contributed by atoms with Crippen LogP contribution in [0.4, 0.5) is 5.69 Å². The Hall–Kier alpha value is -3.09. The van der Waals surface area contributed by atoms with E-state index < -0.39 is 0 Å². The molecule has 0 radical (unpaired) electrons. The number of rotatable bonds is 6. The molecule has 1 aliphatic heterocycles. The molecule has 136 valence electrons. The fraction of sp³-hybridized carbons (Fsp3) is 0.316. The summed E-state index contributed by atoms with van der Waals surface area (Å²) in [5, 5.41) is 2.72. The summed E-state index contributed by atoms with van der Waals surface area (Å²) in [5.41, 5.74) is 1.67. The lowest BCUT2D eigenvalue weighted by molar-refractivity contribution is -0.133. The number of hydrogen-bond acceptors (Lipinski definition) is 5. The average molecular weight is 355 g/mol. The van der Waals surface area contributed by atoms with Gasteiger partial charge in [0.15, 0.2) is 11.5 Å². The summed E-state index contributed by atoms with van der Waals surface area (Å²) in [6.45, 7) is 1.53. The van der Waals surface area contributed by atoms with Crippen LogP contribution in [0.3, 0.4) is 0 Å². The molecular weight excluding hydrogens is 334 g/mol. The molecule has 0 bridgehead atoms. The Kier molecular flexibility index (Phi) is 5.68. The van der Waals surface area contributed by atoms with Crippen LogP contribution >= 0.6 is 0 Å². The van der Waals surface area contributed by atoms with Gasteiger partial charge >= 0.3 is 0 Å². The van der Waals surface area contributed by atoms with Crippen molar-refractivity contribution in [2.45, 2.75) is 12.8 Å². The van der Waals surface area contributed by atoms with Crippen molar-refractivity contribution in [3.63, 3.8) is 0 Å². The number of carbonyl (C=O) groups excluding carboxylic acids is 2. The van der Waals surface area contributed by atoms with Gasteiger partial charge in [-0.25, -0.2) is 0 Å². The molecule has 2 amide bonds. The van der Waals surface area contributed by atoms with Crippen molar-refractivity contribution in [1.29, 1.82) is 0 Å². The molecule has 0 unspecified atom stereocenters. The molecule has 0 spiro atoms. The van der Waals surface area contributed by atoms with Gasteiger partial charge in [0.2, 0.25) is 11.8 Å². The van der Waals surface area contributed by atoms with E-state index in [1.165, 1.54) is 0 Å². The number of fused-ring (bicyclic) bond motifs is 1. The molecule has 0 aliphatic carbocycles. The molecule has 1 N–H and O–H groups in total. The van der Waals surface area contributed by atoms with Crippen LogP contribution in [0, 0.1) is 0 Å². The maximum atomic E-state index is 12.2. The summed E-state index contributed by atoms with van der Waals surface area (Å²) in [4.78, 5) is 29.9. The zero-order valence-corrected chi connectivity index (χ0v) is 14.6. The SMILES string of the molecule is CN(CCc1ccncc1)C(=O)CC(=O)Nc1ccc2c(c1)OCCO2. The second-order valence-corrected chi connectivity index (χ2v) is 6.00. The Bertz CT molecular complexity index is 780. The fourth-order valence-electron chi connectivity index (χ4n) is 2.57. The van der Waals surface area contributed by atoms with Gasteiger partial charge in [-0.15, -0.1) is 0 Å². The third kappa shape index (κ3) is 4.72. The maximum Gasteiger partial charge on any atom is 0.233 e. The monoisotopic (exact) mass is 355 g/mol. The van der Waals surface area contributed by atoms with Crippen LogP contribution in [0.2, 0.25) is 0 Å². The van der Waals surface area contributed by atoms with Crippen LogP contribution in [-0.2, 0) is 16.0 Å². The minimum Gasteiger partial charge on any atom is -0.486 e. The Morgan fingerprint density at radius 3 is 2.62 bits per heavy atom. The highest BCUT2D eigenvalue weighted by atomic mass is 16.6. The minimum atomic E-state index is -0.359. The van der Waals surface area contributed by atoms with Gasteiger partial charge in [-0.3, -0.25) is 14.6 Å². The predicted octanol–water partition coefficient (Wildman–Crippen LogP) is 1.88. The first-order chi connectivity index (χ1) is 12.6. The molecule has 2 heterocycles. The van der Waals surface area contributed by atoms with E-state index in [0.717, 1.165) is 5.56 Å². The molecule has 7 heteroatoms. The van der Waals surface area contributed by atoms with E-state index in [2.05, 4.69) is 10.3 Å².